The minimum absolute atomic E-state index is 0.0407. The molecule has 0 saturated carbocycles. The standard InChI is InChI=1S/C11H13BrN2O5S/c1-6(4-10(13)15)14-20(18,19)9-3-2-7(11(16)17)5-8(9)12/h2-3,5-6,14H,4H2,1H3,(H2,13,15)(H,16,17). The van der Waals surface area contributed by atoms with E-state index in [-0.39, 0.29) is 21.4 Å². The highest BCUT2D eigenvalue weighted by Gasteiger charge is 2.21. The van der Waals surface area contributed by atoms with Crippen LogP contribution in [0.15, 0.2) is 27.6 Å². The number of carboxylic acid groups (broad SMARTS) is 1. The largest absolute Gasteiger partial charge is 0.478 e. The van der Waals surface area contributed by atoms with Crippen molar-refractivity contribution in [1.29, 1.82) is 0 Å². The van der Waals surface area contributed by atoms with E-state index in [1.165, 1.54) is 25.1 Å². The van der Waals surface area contributed by atoms with Crippen molar-refractivity contribution < 1.29 is 23.1 Å². The fraction of sp³-hybridized carbons (Fsp3) is 0.273. The van der Waals surface area contributed by atoms with Gasteiger partial charge >= 0.3 is 5.97 Å². The Kier molecular flexibility index (Phi) is 5.26. The van der Waals surface area contributed by atoms with Gasteiger partial charge in [0.05, 0.1) is 10.5 Å². The number of sulfonamides is 1. The third-order valence-electron chi connectivity index (χ3n) is 2.33. The second-order valence-electron chi connectivity index (χ2n) is 4.14. The lowest BCUT2D eigenvalue weighted by Gasteiger charge is -2.13. The van der Waals surface area contributed by atoms with Crippen LogP contribution in [0.2, 0.25) is 0 Å². The van der Waals surface area contributed by atoms with E-state index in [1.54, 1.807) is 0 Å². The molecule has 1 atom stereocenters. The Bertz CT molecular complexity index is 644. The molecular formula is C11H13BrN2O5S. The number of halogens is 1. The Balaban J connectivity index is 3.04. The first-order valence-corrected chi connectivity index (χ1v) is 7.74. The molecule has 4 N–H and O–H groups in total. The average Bonchev–Trinajstić information content (AvgIpc) is 2.25. The van der Waals surface area contributed by atoms with Crippen LogP contribution in [0, 0.1) is 0 Å². The molecule has 0 aromatic heterocycles. The molecule has 110 valence electrons. The molecule has 0 aliphatic heterocycles. The highest BCUT2D eigenvalue weighted by Crippen LogP contribution is 2.23. The summed E-state index contributed by atoms with van der Waals surface area (Å²) in [5.74, 6) is -1.79. The van der Waals surface area contributed by atoms with Crippen molar-refractivity contribution in [1.82, 2.24) is 4.72 Å². The summed E-state index contributed by atoms with van der Waals surface area (Å²) >= 11 is 3.02. The van der Waals surface area contributed by atoms with Crippen molar-refractivity contribution in [2.75, 3.05) is 0 Å². The van der Waals surface area contributed by atoms with Crippen molar-refractivity contribution in [3.8, 4) is 0 Å². The molecule has 9 heteroatoms. The molecule has 0 aliphatic rings. The first kappa shape index (κ1) is 16.6. The predicted molar refractivity (Wildman–Crippen MR) is 74.7 cm³/mol. The molecule has 0 bridgehead atoms. The van der Waals surface area contributed by atoms with E-state index in [0.29, 0.717) is 0 Å². The summed E-state index contributed by atoms with van der Waals surface area (Å²) in [6.07, 6.45) is -0.135. The smallest absolute Gasteiger partial charge is 0.335 e. The van der Waals surface area contributed by atoms with Gasteiger partial charge in [-0.1, -0.05) is 0 Å². The Hall–Kier alpha value is -1.45. The van der Waals surface area contributed by atoms with Gasteiger partial charge in [-0.3, -0.25) is 4.79 Å². The third kappa shape index (κ3) is 4.29. The number of nitrogens with two attached hydrogens (primary N) is 1. The Morgan fingerprint density at radius 3 is 2.50 bits per heavy atom. The molecule has 1 aromatic carbocycles. The molecule has 0 radical (unpaired) electrons. The van der Waals surface area contributed by atoms with Crippen LogP contribution in [0.5, 0.6) is 0 Å². The molecule has 1 rings (SSSR count). The first-order chi connectivity index (χ1) is 9.13. The molecule has 0 aliphatic carbocycles. The lowest BCUT2D eigenvalue weighted by Crippen LogP contribution is -2.35. The van der Waals surface area contributed by atoms with Gasteiger partial charge in [0, 0.05) is 16.9 Å². The minimum atomic E-state index is -3.88. The van der Waals surface area contributed by atoms with Crippen LogP contribution >= 0.6 is 15.9 Å². The first-order valence-electron chi connectivity index (χ1n) is 5.47. The molecule has 7 nitrogen and oxygen atoms in total. The molecule has 1 unspecified atom stereocenters. The number of nitrogens with one attached hydrogen (secondary N) is 1. The molecule has 1 aromatic rings. The summed E-state index contributed by atoms with van der Waals surface area (Å²) in [6, 6.07) is 2.88. The zero-order chi connectivity index (χ0) is 15.5. The number of carbonyl (C=O) groups is 2. The normalized spacial score (nSPS) is 12.9. The topological polar surface area (TPSA) is 127 Å². The van der Waals surface area contributed by atoms with E-state index in [1.807, 2.05) is 0 Å². The fourth-order valence-electron chi connectivity index (χ4n) is 1.52. The number of primary amides is 1. The van der Waals surface area contributed by atoms with Gasteiger partial charge < -0.3 is 10.8 Å². The quantitative estimate of drug-likeness (QED) is 0.684. The van der Waals surface area contributed by atoms with Crippen molar-refractivity contribution in [3.05, 3.63) is 28.2 Å². The monoisotopic (exact) mass is 364 g/mol. The molecule has 0 fully saturated rings. The zero-order valence-electron chi connectivity index (χ0n) is 10.5. The highest BCUT2D eigenvalue weighted by molar-refractivity contribution is 9.10. The van der Waals surface area contributed by atoms with Crippen LogP contribution < -0.4 is 10.5 Å². The van der Waals surface area contributed by atoms with Crippen LogP contribution in [0.1, 0.15) is 23.7 Å². The Labute approximate surface area is 124 Å². The molecule has 0 saturated heterocycles. The summed E-state index contributed by atoms with van der Waals surface area (Å²) in [4.78, 5) is 21.4. The average molecular weight is 365 g/mol. The van der Waals surface area contributed by atoms with E-state index in [4.69, 9.17) is 10.8 Å². The number of amides is 1. The molecule has 20 heavy (non-hydrogen) atoms. The number of carboxylic acids is 1. The van der Waals surface area contributed by atoms with Crippen molar-refractivity contribution in [2.45, 2.75) is 24.3 Å². The summed E-state index contributed by atoms with van der Waals surface area (Å²) in [6.45, 7) is 1.50. The molecule has 0 heterocycles. The summed E-state index contributed by atoms with van der Waals surface area (Å²) in [7, 11) is -3.88. The van der Waals surface area contributed by atoms with Crippen LogP contribution in [0.4, 0.5) is 0 Å². The number of benzene rings is 1. The number of rotatable bonds is 6. The maximum absolute atomic E-state index is 12.1. The van der Waals surface area contributed by atoms with Crippen molar-refractivity contribution in [3.63, 3.8) is 0 Å². The minimum Gasteiger partial charge on any atom is -0.478 e. The lowest BCUT2D eigenvalue weighted by molar-refractivity contribution is -0.118. The molecule has 1 amide bonds. The van der Waals surface area contributed by atoms with E-state index >= 15 is 0 Å². The summed E-state index contributed by atoms with van der Waals surface area (Å²) in [5.41, 5.74) is 4.94. The van der Waals surface area contributed by atoms with E-state index < -0.39 is 27.9 Å². The van der Waals surface area contributed by atoms with E-state index in [2.05, 4.69) is 20.7 Å². The van der Waals surface area contributed by atoms with E-state index in [0.717, 1.165) is 0 Å². The van der Waals surface area contributed by atoms with Gasteiger partial charge in [0.2, 0.25) is 15.9 Å². The Morgan fingerprint density at radius 1 is 1.45 bits per heavy atom. The lowest BCUT2D eigenvalue weighted by atomic mass is 10.2. The van der Waals surface area contributed by atoms with Crippen molar-refractivity contribution in [2.24, 2.45) is 5.73 Å². The van der Waals surface area contributed by atoms with Gasteiger partial charge in [0.15, 0.2) is 0 Å². The second kappa shape index (κ2) is 6.33. The molecular weight excluding hydrogens is 352 g/mol. The van der Waals surface area contributed by atoms with Gasteiger partial charge in [-0.25, -0.2) is 17.9 Å². The third-order valence-corrected chi connectivity index (χ3v) is 4.90. The maximum Gasteiger partial charge on any atom is 0.335 e. The van der Waals surface area contributed by atoms with Gasteiger partial charge in [-0.15, -0.1) is 0 Å². The second-order valence-corrected chi connectivity index (χ2v) is 6.68. The predicted octanol–water partition coefficient (Wildman–Crippen LogP) is 0.690. The van der Waals surface area contributed by atoms with E-state index in [9.17, 15) is 18.0 Å². The zero-order valence-corrected chi connectivity index (χ0v) is 12.9. The number of carbonyl (C=O) groups excluding carboxylic acids is 1. The summed E-state index contributed by atoms with van der Waals surface area (Å²) < 4.78 is 26.6. The fourth-order valence-corrected chi connectivity index (χ4v) is 3.84. The van der Waals surface area contributed by atoms with Gasteiger partial charge in [0.1, 0.15) is 0 Å². The van der Waals surface area contributed by atoms with Crippen molar-refractivity contribution >= 4 is 37.8 Å². The Morgan fingerprint density at radius 2 is 2.05 bits per heavy atom. The SMILES string of the molecule is CC(CC(N)=O)NS(=O)(=O)c1ccc(C(=O)O)cc1Br. The number of hydrogen-bond donors (Lipinski definition) is 3. The van der Waals surface area contributed by atoms with Crippen LogP contribution in [-0.2, 0) is 14.8 Å². The van der Waals surface area contributed by atoms with Gasteiger partial charge in [-0.2, -0.15) is 0 Å². The summed E-state index contributed by atoms with van der Waals surface area (Å²) in [5, 5.41) is 8.81. The van der Waals surface area contributed by atoms with Crippen LogP contribution in [0.3, 0.4) is 0 Å². The van der Waals surface area contributed by atoms with Crippen LogP contribution in [0.25, 0.3) is 0 Å². The number of hydrogen-bond acceptors (Lipinski definition) is 4. The van der Waals surface area contributed by atoms with Gasteiger partial charge in [0.25, 0.3) is 0 Å². The maximum atomic E-state index is 12.1. The number of aromatic carboxylic acids is 1. The van der Waals surface area contributed by atoms with Gasteiger partial charge in [-0.05, 0) is 41.1 Å². The molecule has 0 spiro atoms. The highest BCUT2D eigenvalue weighted by atomic mass is 79.9. The van der Waals surface area contributed by atoms with Crippen LogP contribution in [-0.4, -0.2) is 31.4 Å².